The Morgan fingerprint density at radius 2 is 1.80 bits per heavy atom. The predicted octanol–water partition coefficient (Wildman–Crippen LogP) is 3.97. The quantitative estimate of drug-likeness (QED) is 0.238. The summed E-state index contributed by atoms with van der Waals surface area (Å²) >= 11 is 1.23. The van der Waals surface area contributed by atoms with Gasteiger partial charge in [-0.3, -0.25) is 14.9 Å². The lowest BCUT2D eigenvalue weighted by Gasteiger charge is -2.34. The van der Waals surface area contributed by atoms with E-state index < -0.39 is 4.92 Å². The lowest BCUT2D eigenvalue weighted by molar-refractivity contribution is -0.384. The number of piperazine rings is 1. The minimum Gasteiger partial charge on any atom is -0.369 e. The van der Waals surface area contributed by atoms with E-state index in [0.717, 1.165) is 31.9 Å². The number of nitro groups is 1. The summed E-state index contributed by atoms with van der Waals surface area (Å²) in [5.74, 6) is 0.152. The van der Waals surface area contributed by atoms with Gasteiger partial charge in [-0.2, -0.15) is 0 Å². The van der Waals surface area contributed by atoms with Crippen molar-refractivity contribution in [2.45, 2.75) is 5.03 Å². The van der Waals surface area contributed by atoms with Crippen LogP contribution in [0.1, 0.15) is 5.56 Å². The van der Waals surface area contributed by atoms with Gasteiger partial charge in [-0.15, -0.1) is 0 Å². The predicted molar refractivity (Wildman–Crippen MR) is 137 cm³/mol. The van der Waals surface area contributed by atoms with E-state index in [1.165, 1.54) is 29.6 Å². The van der Waals surface area contributed by atoms with Crippen LogP contribution in [0.4, 0.5) is 28.7 Å². The average molecular weight is 490 g/mol. The molecule has 5 rings (SSSR count). The van der Waals surface area contributed by atoms with Crippen LogP contribution in [-0.4, -0.2) is 58.9 Å². The number of hydrogen-bond acceptors (Lipinski definition) is 9. The molecule has 0 bridgehead atoms. The normalized spacial score (nSPS) is 17.1. The Balaban J connectivity index is 1.29. The minimum absolute atomic E-state index is 0.00160. The van der Waals surface area contributed by atoms with Gasteiger partial charge in [0.1, 0.15) is 5.03 Å². The van der Waals surface area contributed by atoms with Crippen molar-refractivity contribution in [1.82, 2.24) is 14.9 Å². The first-order valence-electron chi connectivity index (χ1n) is 11.1. The van der Waals surface area contributed by atoms with Crippen molar-refractivity contribution in [3.63, 3.8) is 0 Å². The highest BCUT2D eigenvalue weighted by Crippen LogP contribution is 2.38. The molecule has 2 aliphatic rings. The van der Waals surface area contributed by atoms with E-state index in [0.29, 0.717) is 27.1 Å². The van der Waals surface area contributed by atoms with Gasteiger partial charge in [-0.25, -0.2) is 9.97 Å². The number of rotatable bonds is 5. The van der Waals surface area contributed by atoms with E-state index in [4.69, 9.17) is 0 Å². The molecule has 35 heavy (non-hydrogen) atoms. The molecule has 11 heteroatoms. The second-order valence-electron chi connectivity index (χ2n) is 8.29. The molecule has 1 fully saturated rings. The molecule has 1 amide bonds. The highest BCUT2D eigenvalue weighted by molar-refractivity contribution is 8.04. The number of fused-ring (bicyclic) bond motifs is 1. The molecule has 2 N–H and O–H groups in total. The summed E-state index contributed by atoms with van der Waals surface area (Å²) in [4.78, 5) is 36.9. The number of nitrogens with zero attached hydrogens (tertiary/aromatic N) is 5. The maximum atomic E-state index is 12.5. The van der Waals surface area contributed by atoms with Gasteiger partial charge in [-0.1, -0.05) is 11.8 Å². The van der Waals surface area contributed by atoms with Gasteiger partial charge in [0.15, 0.2) is 0 Å². The average Bonchev–Trinajstić information content (AvgIpc) is 2.86. The Hall–Kier alpha value is -3.96. The molecule has 0 saturated carbocycles. The van der Waals surface area contributed by atoms with Crippen molar-refractivity contribution in [2.75, 3.05) is 48.8 Å². The number of non-ortho nitro benzene ring substituents is 1. The first-order chi connectivity index (χ1) is 16.9. The van der Waals surface area contributed by atoms with Crippen molar-refractivity contribution in [3.8, 4) is 0 Å². The molecule has 0 radical (unpaired) electrons. The van der Waals surface area contributed by atoms with Gasteiger partial charge in [0.05, 0.1) is 21.7 Å². The van der Waals surface area contributed by atoms with E-state index >= 15 is 0 Å². The number of amides is 1. The summed E-state index contributed by atoms with van der Waals surface area (Å²) in [5.41, 5.74) is 3.28. The van der Waals surface area contributed by atoms with Crippen molar-refractivity contribution in [1.29, 1.82) is 0 Å². The highest BCUT2D eigenvalue weighted by atomic mass is 32.2. The van der Waals surface area contributed by atoms with E-state index in [-0.39, 0.29) is 11.6 Å². The van der Waals surface area contributed by atoms with Crippen molar-refractivity contribution in [3.05, 3.63) is 75.3 Å². The van der Waals surface area contributed by atoms with Crippen LogP contribution in [0.2, 0.25) is 0 Å². The number of hydrogen-bond donors (Lipinski definition) is 2. The fourth-order valence-corrected chi connectivity index (χ4v) is 4.71. The number of anilines is 4. The zero-order valence-corrected chi connectivity index (χ0v) is 19.8. The first kappa shape index (κ1) is 22.8. The molecule has 2 aliphatic heterocycles. The van der Waals surface area contributed by atoms with Gasteiger partial charge in [0.2, 0.25) is 5.95 Å². The summed E-state index contributed by atoms with van der Waals surface area (Å²) in [6, 6.07) is 14.2. The van der Waals surface area contributed by atoms with E-state index in [9.17, 15) is 14.9 Å². The molecule has 1 aromatic heterocycles. The first-order valence-corrected chi connectivity index (χ1v) is 11.9. The van der Waals surface area contributed by atoms with Crippen LogP contribution in [0.25, 0.3) is 6.08 Å². The van der Waals surface area contributed by atoms with Gasteiger partial charge < -0.3 is 20.4 Å². The summed E-state index contributed by atoms with van der Waals surface area (Å²) in [6.45, 7) is 4.13. The lowest BCUT2D eigenvalue weighted by Crippen LogP contribution is -2.44. The number of thioether (sulfide) groups is 1. The van der Waals surface area contributed by atoms with Gasteiger partial charge >= 0.3 is 0 Å². The van der Waals surface area contributed by atoms with Crippen LogP contribution >= 0.6 is 11.8 Å². The smallest absolute Gasteiger partial charge is 0.269 e. The van der Waals surface area contributed by atoms with Crippen LogP contribution in [0.3, 0.4) is 0 Å². The molecule has 178 valence electrons. The summed E-state index contributed by atoms with van der Waals surface area (Å²) in [6.07, 6.45) is 3.26. The van der Waals surface area contributed by atoms with E-state index in [1.54, 1.807) is 24.4 Å². The molecule has 2 aromatic carbocycles. The van der Waals surface area contributed by atoms with Crippen molar-refractivity contribution < 1.29 is 9.72 Å². The molecular weight excluding hydrogens is 466 g/mol. The summed E-state index contributed by atoms with van der Waals surface area (Å²) in [5, 5.41) is 17.5. The van der Waals surface area contributed by atoms with Crippen molar-refractivity contribution in [2.24, 2.45) is 0 Å². The number of likely N-dealkylation sites (N-methyl/N-ethyl adjacent to an activating group) is 1. The topological polar surface area (TPSA) is 117 Å². The Kier molecular flexibility index (Phi) is 6.34. The van der Waals surface area contributed by atoms with Crippen LogP contribution < -0.4 is 15.5 Å². The third kappa shape index (κ3) is 5.26. The molecule has 0 spiro atoms. The number of carbonyl (C=O) groups is 1. The molecule has 3 heterocycles. The Morgan fingerprint density at radius 1 is 1.09 bits per heavy atom. The van der Waals surface area contributed by atoms with Gasteiger partial charge in [-0.05, 0) is 55.1 Å². The maximum Gasteiger partial charge on any atom is 0.269 e. The maximum absolute atomic E-state index is 12.5. The van der Waals surface area contributed by atoms with Crippen LogP contribution in [0, 0.1) is 10.1 Å². The van der Waals surface area contributed by atoms with Crippen molar-refractivity contribution >= 4 is 52.4 Å². The second-order valence-corrected chi connectivity index (χ2v) is 9.32. The fourth-order valence-electron chi connectivity index (χ4n) is 3.81. The Bertz CT molecular complexity index is 1290. The largest absolute Gasteiger partial charge is 0.369 e. The molecule has 10 nitrogen and oxygen atoms in total. The SMILES string of the molecule is CN1CCN(c2ccc(Nc3ncc4c(n3)S/C(=C\c3ccc([N+](=O)[O-])cc3)C(=O)N4)cc2)CC1. The molecular formula is C24H23N7O3S. The fraction of sp³-hybridized carbons (Fsp3) is 0.208. The highest BCUT2D eigenvalue weighted by Gasteiger charge is 2.23. The third-order valence-corrected chi connectivity index (χ3v) is 6.85. The van der Waals surface area contributed by atoms with Crippen LogP contribution in [-0.2, 0) is 4.79 Å². The number of nitrogens with one attached hydrogen (secondary N) is 2. The number of carbonyl (C=O) groups excluding carboxylic acids is 1. The van der Waals surface area contributed by atoms with Gasteiger partial charge in [0.25, 0.3) is 11.6 Å². The molecule has 0 atom stereocenters. The molecule has 0 unspecified atom stereocenters. The number of benzene rings is 2. The molecule has 3 aromatic rings. The zero-order chi connectivity index (χ0) is 24.4. The third-order valence-electron chi connectivity index (χ3n) is 5.83. The second kappa shape index (κ2) is 9.72. The van der Waals surface area contributed by atoms with E-state index in [2.05, 4.69) is 49.6 Å². The standard InChI is InChI=1S/C24H23N7O3S/c1-29-10-12-30(13-11-29)18-8-4-17(5-9-18)26-24-25-15-20-23(28-24)35-21(22(32)27-20)14-16-2-6-19(7-3-16)31(33)34/h2-9,14-15H,10-13H2,1H3,(H,27,32)(H,25,26,28)/b21-14-. The van der Waals surface area contributed by atoms with Crippen LogP contribution in [0.15, 0.2) is 64.7 Å². The Labute approximate surface area is 206 Å². The lowest BCUT2D eigenvalue weighted by atomic mass is 10.2. The molecule has 0 aliphatic carbocycles. The monoisotopic (exact) mass is 489 g/mol. The minimum atomic E-state index is -0.458. The molecule has 1 saturated heterocycles. The van der Waals surface area contributed by atoms with Crippen LogP contribution in [0.5, 0.6) is 0 Å². The summed E-state index contributed by atoms with van der Waals surface area (Å²) in [7, 11) is 2.14. The van der Waals surface area contributed by atoms with E-state index in [1.807, 2.05) is 12.1 Å². The Morgan fingerprint density at radius 3 is 2.49 bits per heavy atom. The summed E-state index contributed by atoms with van der Waals surface area (Å²) < 4.78 is 0. The van der Waals surface area contributed by atoms with Gasteiger partial charge in [0, 0.05) is 49.7 Å². The number of nitro benzene ring substituents is 1. The number of aromatic nitrogens is 2. The zero-order valence-electron chi connectivity index (χ0n) is 19.0.